The number of nitrogens with one attached hydrogen (secondary N) is 1. The van der Waals surface area contributed by atoms with Gasteiger partial charge in [-0.25, -0.2) is 18.6 Å². The number of benzene rings is 2. The largest absolute Gasteiger partial charge is 0.271 e. The summed E-state index contributed by atoms with van der Waals surface area (Å²) >= 11 is 0. The molecule has 2 nitrogen and oxygen atoms in total. The molecule has 0 saturated heterocycles. The van der Waals surface area contributed by atoms with E-state index in [0.717, 1.165) is 12.1 Å². The van der Waals surface area contributed by atoms with E-state index in [9.17, 15) is 13.2 Å². The van der Waals surface area contributed by atoms with Crippen LogP contribution in [0.3, 0.4) is 0 Å². The van der Waals surface area contributed by atoms with Crippen LogP contribution >= 0.6 is 0 Å². The number of hydrazine groups is 1. The molecule has 19 heavy (non-hydrogen) atoms. The van der Waals surface area contributed by atoms with Crippen molar-refractivity contribution in [3.63, 3.8) is 0 Å². The molecular formula is C14H13F3N2. The number of hydrogen-bond acceptors (Lipinski definition) is 2. The van der Waals surface area contributed by atoms with E-state index in [-0.39, 0.29) is 5.82 Å². The summed E-state index contributed by atoms with van der Waals surface area (Å²) in [5.41, 5.74) is 4.38. The standard InChI is InChI=1S/C14H13F3N2/c1-8-6-10(15)3-4-11(8)14(19-18)9-2-5-12(16)13(17)7-9/h2-7,14,19H,18H2,1H3. The molecule has 0 bridgehead atoms. The van der Waals surface area contributed by atoms with Crippen molar-refractivity contribution in [3.8, 4) is 0 Å². The lowest BCUT2D eigenvalue weighted by atomic mass is 9.95. The molecule has 0 saturated carbocycles. The van der Waals surface area contributed by atoms with Crippen LogP contribution < -0.4 is 11.3 Å². The topological polar surface area (TPSA) is 38.0 Å². The lowest BCUT2D eigenvalue weighted by molar-refractivity contribution is 0.503. The molecular weight excluding hydrogens is 253 g/mol. The predicted molar refractivity (Wildman–Crippen MR) is 66.7 cm³/mol. The summed E-state index contributed by atoms with van der Waals surface area (Å²) in [6.45, 7) is 1.72. The highest BCUT2D eigenvalue weighted by Gasteiger charge is 2.16. The van der Waals surface area contributed by atoms with Gasteiger partial charge in [-0.2, -0.15) is 0 Å². The van der Waals surface area contributed by atoms with Crippen molar-refractivity contribution in [1.29, 1.82) is 0 Å². The fourth-order valence-corrected chi connectivity index (χ4v) is 2.02. The van der Waals surface area contributed by atoms with Crippen LogP contribution in [0, 0.1) is 24.4 Å². The Morgan fingerprint density at radius 1 is 1.00 bits per heavy atom. The lowest BCUT2D eigenvalue weighted by Gasteiger charge is -2.19. The van der Waals surface area contributed by atoms with Gasteiger partial charge in [-0.3, -0.25) is 5.84 Å². The van der Waals surface area contributed by atoms with Gasteiger partial charge >= 0.3 is 0 Å². The van der Waals surface area contributed by atoms with E-state index in [1.165, 1.54) is 18.2 Å². The Kier molecular flexibility index (Phi) is 3.87. The molecule has 0 fully saturated rings. The maximum absolute atomic E-state index is 13.3. The van der Waals surface area contributed by atoms with E-state index in [2.05, 4.69) is 5.43 Å². The fraction of sp³-hybridized carbons (Fsp3) is 0.143. The molecule has 2 aromatic carbocycles. The van der Waals surface area contributed by atoms with Crippen LogP contribution in [0.2, 0.25) is 0 Å². The number of hydrogen-bond donors (Lipinski definition) is 2. The molecule has 0 aliphatic carbocycles. The Morgan fingerprint density at radius 2 is 1.74 bits per heavy atom. The first-order valence-corrected chi connectivity index (χ1v) is 5.70. The van der Waals surface area contributed by atoms with Crippen LogP contribution in [-0.4, -0.2) is 0 Å². The van der Waals surface area contributed by atoms with Gasteiger partial charge in [0.05, 0.1) is 6.04 Å². The molecule has 0 aliphatic rings. The van der Waals surface area contributed by atoms with Crippen molar-refractivity contribution < 1.29 is 13.2 Å². The van der Waals surface area contributed by atoms with E-state index in [0.29, 0.717) is 16.7 Å². The quantitative estimate of drug-likeness (QED) is 0.662. The smallest absolute Gasteiger partial charge is 0.159 e. The summed E-state index contributed by atoms with van der Waals surface area (Å²) in [6, 6.07) is 7.24. The molecule has 100 valence electrons. The van der Waals surface area contributed by atoms with Gasteiger partial charge in [0.1, 0.15) is 5.82 Å². The molecule has 1 unspecified atom stereocenters. The van der Waals surface area contributed by atoms with Gasteiger partial charge in [-0.15, -0.1) is 0 Å². The second kappa shape index (κ2) is 5.42. The van der Waals surface area contributed by atoms with Crippen LogP contribution in [0.4, 0.5) is 13.2 Å². The second-order valence-electron chi connectivity index (χ2n) is 4.27. The highest BCUT2D eigenvalue weighted by Crippen LogP contribution is 2.25. The molecule has 0 heterocycles. The van der Waals surface area contributed by atoms with E-state index in [4.69, 9.17) is 5.84 Å². The molecule has 0 amide bonds. The lowest BCUT2D eigenvalue weighted by Crippen LogP contribution is -2.29. The van der Waals surface area contributed by atoms with Crippen LogP contribution in [0.25, 0.3) is 0 Å². The van der Waals surface area contributed by atoms with Crippen molar-refractivity contribution in [3.05, 3.63) is 70.5 Å². The zero-order valence-electron chi connectivity index (χ0n) is 10.3. The van der Waals surface area contributed by atoms with Crippen molar-refractivity contribution in [2.24, 2.45) is 5.84 Å². The monoisotopic (exact) mass is 266 g/mol. The van der Waals surface area contributed by atoms with E-state index in [1.54, 1.807) is 13.0 Å². The number of rotatable bonds is 3. The maximum Gasteiger partial charge on any atom is 0.159 e. The predicted octanol–water partition coefficient (Wildman–Crippen LogP) is 2.97. The van der Waals surface area contributed by atoms with Crippen molar-refractivity contribution >= 4 is 0 Å². The molecule has 0 spiro atoms. The van der Waals surface area contributed by atoms with Gasteiger partial charge in [-0.1, -0.05) is 12.1 Å². The average Bonchev–Trinajstić information content (AvgIpc) is 2.37. The molecule has 1 atom stereocenters. The summed E-state index contributed by atoms with van der Waals surface area (Å²) in [7, 11) is 0. The zero-order chi connectivity index (χ0) is 14.0. The van der Waals surface area contributed by atoms with E-state index >= 15 is 0 Å². The Labute approximate surface area is 109 Å². The van der Waals surface area contributed by atoms with Gasteiger partial charge < -0.3 is 0 Å². The summed E-state index contributed by atoms with van der Waals surface area (Å²) in [5.74, 6) is 3.25. The summed E-state index contributed by atoms with van der Waals surface area (Å²) < 4.78 is 39.3. The van der Waals surface area contributed by atoms with Crippen LogP contribution in [0.1, 0.15) is 22.7 Å². The van der Waals surface area contributed by atoms with Crippen molar-refractivity contribution in [2.75, 3.05) is 0 Å². The Morgan fingerprint density at radius 3 is 2.32 bits per heavy atom. The molecule has 0 aliphatic heterocycles. The highest BCUT2D eigenvalue weighted by atomic mass is 19.2. The molecule has 0 radical (unpaired) electrons. The average molecular weight is 266 g/mol. The van der Waals surface area contributed by atoms with Gasteiger partial charge in [0, 0.05) is 0 Å². The van der Waals surface area contributed by atoms with Gasteiger partial charge in [-0.05, 0) is 47.9 Å². The van der Waals surface area contributed by atoms with Gasteiger partial charge in [0.2, 0.25) is 0 Å². The van der Waals surface area contributed by atoms with Crippen molar-refractivity contribution in [1.82, 2.24) is 5.43 Å². The SMILES string of the molecule is Cc1cc(F)ccc1C(NN)c1ccc(F)c(F)c1. The Hall–Kier alpha value is -1.85. The molecule has 2 rings (SSSR count). The normalized spacial score (nSPS) is 12.5. The zero-order valence-corrected chi connectivity index (χ0v) is 10.3. The van der Waals surface area contributed by atoms with Crippen molar-refractivity contribution in [2.45, 2.75) is 13.0 Å². The van der Waals surface area contributed by atoms with E-state index < -0.39 is 17.7 Å². The maximum atomic E-state index is 13.3. The third-order valence-electron chi connectivity index (χ3n) is 2.99. The summed E-state index contributed by atoms with van der Waals surface area (Å²) in [4.78, 5) is 0. The molecule has 3 N–H and O–H groups in total. The minimum absolute atomic E-state index is 0.359. The van der Waals surface area contributed by atoms with Crippen LogP contribution in [-0.2, 0) is 0 Å². The first kappa shape index (κ1) is 13.6. The summed E-state index contributed by atoms with van der Waals surface area (Å²) in [6.07, 6.45) is 0. The third kappa shape index (κ3) is 2.77. The first-order chi connectivity index (χ1) is 9.02. The fourth-order valence-electron chi connectivity index (χ4n) is 2.02. The molecule has 0 aromatic heterocycles. The first-order valence-electron chi connectivity index (χ1n) is 5.70. The highest BCUT2D eigenvalue weighted by molar-refractivity contribution is 5.37. The Balaban J connectivity index is 2.46. The van der Waals surface area contributed by atoms with Gasteiger partial charge in [0.15, 0.2) is 11.6 Å². The van der Waals surface area contributed by atoms with Gasteiger partial charge in [0.25, 0.3) is 0 Å². The van der Waals surface area contributed by atoms with Crippen LogP contribution in [0.15, 0.2) is 36.4 Å². The van der Waals surface area contributed by atoms with Crippen LogP contribution in [0.5, 0.6) is 0 Å². The molecule has 2 aromatic rings. The second-order valence-corrected chi connectivity index (χ2v) is 4.27. The summed E-state index contributed by atoms with van der Waals surface area (Å²) in [5, 5.41) is 0. The van der Waals surface area contributed by atoms with E-state index in [1.807, 2.05) is 0 Å². The minimum Gasteiger partial charge on any atom is -0.271 e. The minimum atomic E-state index is -0.947. The number of nitrogens with two attached hydrogens (primary N) is 1. The number of halogens is 3. The molecule has 5 heteroatoms. The number of aryl methyl sites for hydroxylation is 1. The Bertz CT molecular complexity index is 599. The third-order valence-corrected chi connectivity index (χ3v) is 2.99.